The van der Waals surface area contributed by atoms with E-state index in [4.69, 9.17) is 14.7 Å². The van der Waals surface area contributed by atoms with E-state index in [1.54, 1.807) is 25.4 Å². The zero-order chi connectivity index (χ0) is 18.1. The topological polar surface area (TPSA) is 52.1 Å². The van der Waals surface area contributed by atoms with Gasteiger partial charge in [-0.15, -0.1) is 11.3 Å². The van der Waals surface area contributed by atoms with Gasteiger partial charge in [0.15, 0.2) is 5.82 Å². The highest BCUT2D eigenvalue weighted by molar-refractivity contribution is 8.00. The van der Waals surface area contributed by atoms with Gasteiger partial charge < -0.3 is 4.74 Å². The maximum Gasteiger partial charge on any atom is 0.162 e. The molecular weight excluding hydrogens is 364 g/mol. The van der Waals surface area contributed by atoms with Crippen LogP contribution in [-0.2, 0) is 17.6 Å². The Kier molecular flexibility index (Phi) is 4.96. The molecule has 0 bridgehead atoms. The molecular formula is C20H20N2O2S2. The van der Waals surface area contributed by atoms with Crippen molar-refractivity contribution >= 4 is 39.1 Å². The molecule has 1 aromatic carbocycles. The van der Waals surface area contributed by atoms with Gasteiger partial charge in [-0.3, -0.25) is 4.79 Å². The van der Waals surface area contributed by atoms with Gasteiger partial charge in [0.05, 0.1) is 12.9 Å². The van der Waals surface area contributed by atoms with Crippen LogP contribution in [0.1, 0.15) is 30.2 Å². The first kappa shape index (κ1) is 17.5. The Bertz CT molecular complexity index is 964. The van der Waals surface area contributed by atoms with Gasteiger partial charge in [-0.25, -0.2) is 9.97 Å². The average molecular weight is 385 g/mol. The molecule has 0 saturated heterocycles. The lowest BCUT2D eigenvalue weighted by molar-refractivity contribution is -0.114. The smallest absolute Gasteiger partial charge is 0.162 e. The fourth-order valence-corrected chi connectivity index (χ4v) is 5.45. The number of rotatable bonds is 5. The normalized spacial score (nSPS) is 13.6. The molecule has 4 nitrogen and oxygen atoms in total. The van der Waals surface area contributed by atoms with Crippen molar-refractivity contribution in [2.24, 2.45) is 0 Å². The molecule has 1 aliphatic rings. The number of carbonyl (C=O) groups is 1. The van der Waals surface area contributed by atoms with Crippen molar-refractivity contribution in [2.45, 2.75) is 37.6 Å². The van der Waals surface area contributed by atoms with Crippen LogP contribution >= 0.6 is 23.1 Å². The molecule has 0 N–H and O–H groups in total. The van der Waals surface area contributed by atoms with Crippen molar-refractivity contribution in [3.8, 4) is 17.1 Å². The summed E-state index contributed by atoms with van der Waals surface area (Å²) in [5.41, 5.74) is 2.37. The lowest BCUT2D eigenvalue weighted by Gasteiger charge is -2.12. The van der Waals surface area contributed by atoms with Gasteiger partial charge in [-0.05, 0) is 62.4 Å². The second-order valence-electron chi connectivity index (χ2n) is 6.46. The highest BCUT2D eigenvalue weighted by atomic mass is 32.2. The average Bonchev–Trinajstić information content (AvgIpc) is 3.04. The summed E-state index contributed by atoms with van der Waals surface area (Å²) in [6.45, 7) is 1.62. The number of hydrogen-bond donors (Lipinski definition) is 0. The zero-order valence-corrected chi connectivity index (χ0v) is 16.5. The number of benzene rings is 1. The maximum absolute atomic E-state index is 11.5. The predicted octanol–water partition coefficient (Wildman–Crippen LogP) is 4.93. The van der Waals surface area contributed by atoms with Gasteiger partial charge in [0, 0.05) is 15.8 Å². The zero-order valence-electron chi connectivity index (χ0n) is 14.9. The predicted molar refractivity (Wildman–Crippen MR) is 107 cm³/mol. The monoisotopic (exact) mass is 384 g/mol. The third-order valence-corrected chi connectivity index (χ3v) is 6.85. The van der Waals surface area contributed by atoms with E-state index in [1.807, 2.05) is 24.3 Å². The number of ketones is 1. The van der Waals surface area contributed by atoms with E-state index in [2.05, 4.69) is 0 Å². The third-order valence-electron chi connectivity index (χ3n) is 4.54. The number of thioether (sulfide) groups is 1. The van der Waals surface area contributed by atoms with Crippen molar-refractivity contribution < 1.29 is 9.53 Å². The summed E-state index contributed by atoms with van der Waals surface area (Å²) in [5, 5.41) is 2.11. The number of thiophene rings is 1. The summed E-state index contributed by atoms with van der Waals surface area (Å²) in [6, 6.07) is 7.80. The molecule has 26 heavy (non-hydrogen) atoms. The van der Waals surface area contributed by atoms with E-state index in [-0.39, 0.29) is 5.78 Å². The fourth-order valence-electron chi connectivity index (χ4n) is 3.27. The molecule has 0 atom stereocenters. The second kappa shape index (κ2) is 7.37. The highest BCUT2D eigenvalue weighted by Crippen LogP contribution is 2.40. The standard InChI is InChI=1S/C20H20N2O2S2/c1-12(23)11-25-19-17-15-5-3-4-6-16(15)26-20(17)22-18(21-19)13-7-9-14(24-2)10-8-13/h7-10H,3-6,11H2,1-2H3. The van der Waals surface area contributed by atoms with Crippen LogP contribution in [0, 0.1) is 0 Å². The largest absolute Gasteiger partial charge is 0.497 e. The van der Waals surface area contributed by atoms with Gasteiger partial charge >= 0.3 is 0 Å². The van der Waals surface area contributed by atoms with E-state index in [9.17, 15) is 4.79 Å². The number of aryl methyl sites for hydroxylation is 2. The highest BCUT2D eigenvalue weighted by Gasteiger charge is 2.22. The number of fused-ring (bicyclic) bond motifs is 3. The minimum atomic E-state index is 0.164. The molecule has 3 aromatic rings. The first-order valence-corrected chi connectivity index (χ1v) is 10.5. The summed E-state index contributed by atoms with van der Waals surface area (Å²) in [4.78, 5) is 23.7. The van der Waals surface area contributed by atoms with Crippen molar-refractivity contribution in [3.05, 3.63) is 34.7 Å². The summed E-state index contributed by atoms with van der Waals surface area (Å²) in [6.07, 6.45) is 4.68. The molecule has 2 aromatic heterocycles. The molecule has 0 fully saturated rings. The lowest BCUT2D eigenvalue weighted by atomic mass is 9.97. The Morgan fingerprint density at radius 2 is 1.96 bits per heavy atom. The number of Topliss-reactive ketones (excluding diaryl/α,β-unsaturated/α-hetero) is 1. The summed E-state index contributed by atoms with van der Waals surface area (Å²) in [7, 11) is 1.66. The first-order chi connectivity index (χ1) is 12.7. The summed E-state index contributed by atoms with van der Waals surface area (Å²) in [5.74, 6) is 2.13. The van der Waals surface area contributed by atoms with E-state index in [1.165, 1.54) is 40.4 Å². The minimum Gasteiger partial charge on any atom is -0.497 e. The van der Waals surface area contributed by atoms with Crippen LogP contribution in [0.15, 0.2) is 29.3 Å². The van der Waals surface area contributed by atoms with E-state index >= 15 is 0 Å². The lowest BCUT2D eigenvalue weighted by Crippen LogP contribution is -2.01. The van der Waals surface area contributed by atoms with Gasteiger partial charge in [0.1, 0.15) is 21.4 Å². The maximum atomic E-state index is 11.5. The molecule has 0 radical (unpaired) electrons. The van der Waals surface area contributed by atoms with Crippen LogP contribution in [0.4, 0.5) is 0 Å². The van der Waals surface area contributed by atoms with E-state index in [0.717, 1.165) is 34.0 Å². The summed E-state index contributed by atoms with van der Waals surface area (Å²) < 4.78 is 5.24. The van der Waals surface area contributed by atoms with E-state index < -0.39 is 0 Å². The Balaban J connectivity index is 1.84. The Morgan fingerprint density at radius 1 is 1.19 bits per heavy atom. The number of nitrogens with zero attached hydrogens (tertiary/aromatic N) is 2. The Labute approximate surface area is 161 Å². The number of aromatic nitrogens is 2. The SMILES string of the molecule is COc1ccc(-c2nc(SCC(C)=O)c3c4c(sc3n2)CCCC4)cc1. The number of hydrogen-bond acceptors (Lipinski definition) is 6. The first-order valence-electron chi connectivity index (χ1n) is 8.74. The molecule has 4 rings (SSSR count). The minimum absolute atomic E-state index is 0.164. The molecule has 0 amide bonds. The molecule has 0 unspecified atom stereocenters. The van der Waals surface area contributed by atoms with Crippen LogP contribution in [0.3, 0.4) is 0 Å². The number of methoxy groups -OCH3 is 1. The van der Waals surface area contributed by atoms with Crippen LogP contribution in [0.5, 0.6) is 5.75 Å². The van der Waals surface area contributed by atoms with Gasteiger partial charge in [-0.2, -0.15) is 0 Å². The van der Waals surface area contributed by atoms with E-state index in [0.29, 0.717) is 11.6 Å². The molecule has 6 heteroatoms. The van der Waals surface area contributed by atoms with Crippen LogP contribution in [-0.4, -0.2) is 28.6 Å². The molecule has 1 aliphatic carbocycles. The van der Waals surface area contributed by atoms with Crippen molar-refractivity contribution in [1.29, 1.82) is 0 Å². The molecule has 134 valence electrons. The van der Waals surface area contributed by atoms with Crippen LogP contribution in [0.2, 0.25) is 0 Å². The van der Waals surface area contributed by atoms with Crippen molar-refractivity contribution in [1.82, 2.24) is 9.97 Å². The van der Waals surface area contributed by atoms with Crippen LogP contribution in [0.25, 0.3) is 21.6 Å². The Morgan fingerprint density at radius 3 is 2.69 bits per heavy atom. The number of ether oxygens (including phenoxy) is 1. The molecule has 0 spiro atoms. The van der Waals surface area contributed by atoms with Gasteiger partial charge in [-0.1, -0.05) is 11.8 Å². The van der Waals surface area contributed by atoms with Crippen molar-refractivity contribution in [3.63, 3.8) is 0 Å². The van der Waals surface area contributed by atoms with Crippen molar-refractivity contribution in [2.75, 3.05) is 12.9 Å². The fraction of sp³-hybridized carbons (Fsp3) is 0.350. The quantitative estimate of drug-likeness (QED) is 0.461. The molecule has 0 aliphatic heterocycles. The molecule has 0 saturated carbocycles. The number of carbonyl (C=O) groups excluding carboxylic acids is 1. The van der Waals surface area contributed by atoms with Gasteiger partial charge in [0.2, 0.25) is 0 Å². The summed E-state index contributed by atoms with van der Waals surface area (Å²) >= 11 is 3.32. The molecule has 2 heterocycles. The van der Waals surface area contributed by atoms with Gasteiger partial charge in [0.25, 0.3) is 0 Å². The second-order valence-corrected chi connectivity index (χ2v) is 8.51. The van der Waals surface area contributed by atoms with Crippen LogP contribution < -0.4 is 4.74 Å². The third kappa shape index (κ3) is 3.35. The Hall–Kier alpha value is -1.92.